The van der Waals surface area contributed by atoms with Gasteiger partial charge in [-0.15, -0.1) is 0 Å². The quantitative estimate of drug-likeness (QED) is 0.713. The fourth-order valence-electron chi connectivity index (χ4n) is 3.64. The van der Waals surface area contributed by atoms with E-state index in [1.165, 1.54) is 62.9 Å². The Balaban J connectivity index is 1.71. The Labute approximate surface area is 112 Å². The van der Waals surface area contributed by atoms with Crippen LogP contribution in [0.15, 0.2) is 0 Å². The molecule has 0 heterocycles. The van der Waals surface area contributed by atoms with Gasteiger partial charge in [0.1, 0.15) is 0 Å². The van der Waals surface area contributed by atoms with Gasteiger partial charge in [0.15, 0.2) is 0 Å². The van der Waals surface area contributed by atoms with Crippen molar-refractivity contribution in [2.75, 3.05) is 11.5 Å². The first-order chi connectivity index (χ1) is 8.27. The van der Waals surface area contributed by atoms with Gasteiger partial charge in [-0.3, -0.25) is 0 Å². The van der Waals surface area contributed by atoms with E-state index in [9.17, 15) is 0 Å². The van der Waals surface area contributed by atoms with E-state index in [0.717, 1.165) is 17.5 Å². The molecule has 0 aromatic heterocycles. The number of hydrogen-bond donors (Lipinski definition) is 1. The van der Waals surface area contributed by atoms with Gasteiger partial charge in [0.2, 0.25) is 0 Å². The number of nitrogens with one attached hydrogen (secondary N) is 1. The van der Waals surface area contributed by atoms with Crippen molar-refractivity contribution in [2.24, 2.45) is 5.41 Å². The molecule has 2 aliphatic carbocycles. The molecule has 1 nitrogen and oxygen atoms in total. The molecule has 17 heavy (non-hydrogen) atoms. The van der Waals surface area contributed by atoms with Crippen molar-refractivity contribution in [3.63, 3.8) is 0 Å². The Morgan fingerprint density at radius 3 is 2.59 bits per heavy atom. The van der Waals surface area contributed by atoms with Crippen molar-refractivity contribution in [2.45, 2.75) is 77.3 Å². The molecule has 2 aliphatic rings. The maximum Gasteiger partial charge on any atom is 0.0126 e. The maximum atomic E-state index is 3.92. The second kappa shape index (κ2) is 6.47. The summed E-state index contributed by atoms with van der Waals surface area (Å²) in [5.74, 6) is 2.59. The van der Waals surface area contributed by atoms with E-state index in [4.69, 9.17) is 0 Å². The molecule has 0 aromatic rings. The van der Waals surface area contributed by atoms with Crippen molar-refractivity contribution < 1.29 is 0 Å². The van der Waals surface area contributed by atoms with Crippen LogP contribution in [0.2, 0.25) is 0 Å². The van der Waals surface area contributed by atoms with Crippen molar-refractivity contribution in [1.29, 1.82) is 0 Å². The number of hydrogen-bond acceptors (Lipinski definition) is 2. The SMILES string of the molecule is CCSCCC(C)NC1CCC12CCCCC2. The molecule has 0 radical (unpaired) electrons. The summed E-state index contributed by atoms with van der Waals surface area (Å²) < 4.78 is 0. The summed E-state index contributed by atoms with van der Waals surface area (Å²) >= 11 is 2.08. The third kappa shape index (κ3) is 3.41. The average Bonchev–Trinajstić information content (AvgIpc) is 2.36. The highest BCUT2D eigenvalue weighted by molar-refractivity contribution is 7.99. The summed E-state index contributed by atoms with van der Waals surface area (Å²) in [6.07, 6.45) is 11.7. The molecule has 2 heteroatoms. The monoisotopic (exact) mass is 255 g/mol. The van der Waals surface area contributed by atoms with Crippen LogP contribution in [0.4, 0.5) is 0 Å². The Morgan fingerprint density at radius 2 is 2.00 bits per heavy atom. The van der Waals surface area contributed by atoms with E-state index < -0.39 is 0 Å². The van der Waals surface area contributed by atoms with E-state index >= 15 is 0 Å². The summed E-state index contributed by atoms with van der Waals surface area (Å²) in [5.41, 5.74) is 0.727. The molecule has 2 atom stereocenters. The molecule has 0 aliphatic heterocycles. The Kier molecular flexibility index (Phi) is 5.23. The molecule has 2 rings (SSSR count). The van der Waals surface area contributed by atoms with E-state index in [-0.39, 0.29) is 0 Å². The minimum atomic E-state index is 0.721. The first kappa shape index (κ1) is 13.7. The van der Waals surface area contributed by atoms with Crippen LogP contribution in [0.25, 0.3) is 0 Å². The smallest absolute Gasteiger partial charge is 0.0126 e. The van der Waals surface area contributed by atoms with E-state index in [1.54, 1.807) is 0 Å². The van der Waals surface area contributed by atoms with Crippen LogP contribution >= 0.6 is 11.8 Å². The minimum Gasteiger partial charge on any atom is -0.311 e. The van der Waals surface area contributed by atoms with Crippen LogP contribution in [0, 0.1) is 5.41 Å². The molecule has 2 fully saturated rings. The van der Waals surface area contributed by atoms with Crippen LogP contribution in [-0.4, -0.2) is 23.6 Å². The molecule has 0 bridgehead atoms. The molecule has 100 valence electrons. The normalized spacial score (nSPS) is 28.9. The standard InChI is InChI=1S/C15H29NS/c1-3-17-12-8-13(2)16-14-7-11-15(14)9-5-4-6-10-15/h13-14,16H,3-12H2,1-2H3. The summed E-state index contributed by atoms with van der Waals surface area (Å²) in [6, 6.07) is 1.57. The lowest BCUT2D eigenvalue weighted by Gasteiger charge is -2.53. The first-order valence-corrected chi connectivity index (χ1v) is 8.76. The summed E-state index contributed by atoms with van der Waals surface area (Å²) in [7, 11) is 0. The van der Waals surface area contributed by atoms with Crippen LogP contribution in [0.3, 0.4) is 0 Å². The van der Waals surface area contributed by atoms with Crippen LogP contribution < -0.4 is 5.32 Å². The van der Waals surface area contributed by atoms with Crippen molar-refractivity contribution in [3.8, 4) is 0 Å². The zero-order valence-corrected chi connectivity index (χ0v) is 12.5. The van der Waals surface area contributed by atoms with Crippen molar-refractivity contribution in [1.82, 2.24) is 5.32 Å². The molecule has 1 spiro atoms. The highest BCUT2D eigenvalue weighted by Crippen LogP contribution is 2.51. The maximum absolute atomic E-state index is 3.92. The van der Waals surface area contributed by atoms with Gasteiger partial charge >= 0.3 is 0 Å². The van der Waals surface area contributed by atoms with Gasteiger partial charge < -0.3 is 5.32 Å². The van der Waals surface area contributed by atoms with Crippen LogP contribution in [0.1, 0.15) is 65.2 Å². The van der Waals surface area contributed by atoms with Gasteiger partial charge in [-0.05, 0) is 55.9 Å². The largest absolute Gasteiger partial charge is 0.311 e. The highest BCUT2D eigenvalue weighted by Gasteiger charge is 2.46. The van der Waals surface area contributed by atoms with E-state index in [1.807, 2.05) is 0 Å². The number of rotatable bonds is 6. The third-order valence-electron chi connectivity index (χ3n) is 4.90. The highest BCUT2D eigenvalue weighted by atomic mass is 32.2. The topological polar surface area (TPSA) is 12.0 Å². The Bertz CT molecular complexity index is 223. The summed E-state index contributed by atoms with van der Waals surface area (Å²) in [4.78, 5) is 0. The lowest BCUT2D eigenvalue weighted by molar-refractivity contribution is 0.0174. The number of thioether (sulfide) groups is 1. The third-order valence-corrected chi connectivity index (χ3v) is 5.84. The molecule has 0 amide bonds. The molecule has 0 saturated heterocycles. The van der Waals surface area contributed by atoms with E-state index in [0.29, 0.717) is 0 Å². The van der Waals surface area contributed by atoms with Gasteiger partial charge in [0.05, 0.1) is 0 Å². The van der Waals surface area contributed by atoms with Gasteiger partial charge in [0.25, 0.3) is 0 Å². The zero-order valence-electron chi connectivity index (χ0n) is 11.6. The molecule has 2 unspecified atom stereocenters. The second-order valence-corrected chi connectivity index (χ2v) is 7.46. The van der Waals surface area contributed by atoms with Gasteiger partial charge in [-0.2, -0.15) is 11.8 Å². The molecule has 0 aromatic carbocycles. The van der Waals surface area contributed by atoms with Gasteiger partial charge in [-0.1, -0.05) is 26.2 Å². The minimum absolute atomic E-state index is 0.721. The predicted octanol–water partition coefficient (Wildman–Crippen LogP) is 4.22. The molecular formula is C15H29NS. The summed E-state index contributed by atoms with van der Waals surface area (Å²) in [6.45, 7) is 4.64. The fourth-order valence-corrected chi connectivity index (χ4v) is 4.45. The lowest BCUT2D eigenvalue weighted by Crippen LogP contribution is -2.56. The second-order valence-electron chi connectivity index (χ2n) is 6.07. The average molecular weight is 255 g/mol. The zero-order chi connectivity index (χ0) is 12.1. The van der Waals surface area contributed by atoms with Gasteiger partial charge in [-0.25, -0.2) is 0 Å². The van der Waals surface area contributed by atoms with Crippen molar-refractivity contribution >= 4 is 11.8 Å². The van der Waals surface area contributed by atoms with Crippen molar-refractivity contribution in [3.05, 3.63) is 0 Å². The molecular weight excluding hydrogens is 226 g/mol. The van der Waals surface area contributed by atoms with Gasteiger partial charge in [0, 0.05) is 12.1 Å². The molecule has 1 N–H and O–H groups in total. The van der Waals surface area contributed by atoms with E-state index in [2.05, 4.69) is 30.9 Å². The van der Waals surface area contributed by atoms with Crippen LogP contribution in [-0.2, 0) is 0 Å². The lowest BCUT2D eigenvalue weighted by atomic mass is 9.57. The van der Waals surface area contributed by atoms with Crippen LogP contribution in [0.5, 0.6) is 0 Å². The first-order valence-electron chi connectivity index (χ1n) is 7.60. The molecule has 2 saturated carbocycles. The predicted molar refractivity (Wildman–Crippen MR) is 78.8 cm³/mol. The Hall–Kier alpha value is 0.310. The summed E-state index contributed by atoms with van der Waals surface area (Å²) in [5, 5.41) is 3.92. The Morgan fingerprint density at radius 1 is 1.24 bits per heavy atom. The fraction of sp³-hybridized carbons (Fsp3) is 1.00.